The van der Waals surface area contributed by atoms with Crippen molar-refractivity contribution in [1.29, 1.82) is 0 Å². The van der Waals surface area contributed by atoms with Crippen LogP contribution in [0.15, 0.2) is 56.3 Å². The molecule has 0 aliphatic carbocycles. The summed E-state index contributed by atoms with van der Waals surface area (Å²) in [7, 11) is 0. The molecule has 2 N–H and O–H groups in total. The number of benzene rings is 2. The molecule has 7 heteroatoms. The summed E-state index contributed by atoms with van der Waals surface area (Å²) in [5.74, 6) is -1.27. The number of rotatable bonds is 7. The van der Waals surface area contributed by atoms with E-state index in [0.717, 1.165) is 27.5 Å². The molecular weight excluding hydrogens is 410 g/mol. The van der Waals surface area contributed by atoms with Crippen molar-refractivity contribution in [2.75, 3.05) is 6.54 Å². The Bertz CT molecular complexity index is 1380. The Labute approximate surface area is 183 Å². The first-order valence-corrected chi connectivity index (χ1v) is 10.4. The van der Waals surface area contributed by atoms with Crippen LogP contribution in [0.5, 0.6) is 0 Å². The molecule has 0 radical (unpaired) electrons. The van der Waals surface area contributed by atoms with Crippen LogP contribution in [0.4, 0.5) is 0 Å². The molecule has 0 saturated carbocycles. The number of furan rings is 1. The molecule has 0 aliphatic heterocycles. The molecule has 0 fully saturated rings. The van der Waals surface area contributed by atoms with Crippen LogP contribution in [-0.2, 0) is 16.0 Å². The maximum Gasteiger partial charge on any atom is 0.340 e. The highest BCUT2D eigenvalue weighted by atomic mass is 16.4. The lowest BCUT2D eigenvalue weighted by atomic mass is 9.97. The lowest BCUT2D eigenvalue weighted by molar-refractivity contribution is -0.137. The van der Waals surface area contributed by atoms with Gasteiger partial charge >= 0.3 is 11.6 Å². The van der Waals surface area contributed by atoms with Crippen molar-refractivity contribution in [3.05, 3.63) is 69.8 Å². The smallest absolute Gasteiger partial charge is 0.340 e. The molecule has 0 bridgehead atoms. The summed E-state index contributed by atoms with van der Waals surface area (Å²) in [5, 5.41) is 13.0. The third kappa shape index (κ3) is 4.01. The van der Waals surface area contributed by atoms with E-state index in [9.17, 15) is 14.4 Å². The van der Waals surface area contributed by atoms with Gasteiger partial charge in [0.1, 0.15) is 11.2 Å². The number of hydrogen-bond acceptors (Lipinski definition) is 5. The Morgan fingerprint density at radius 1 is 1.03 bits per heavy atom. The summed E-state index contributed by atoms with van der Waals surface area (Å²) in [6.45, 7) is 3.89. The maximum atomic E-state index is 12.7. The van der Waals surface area contributed by atoms with Gasteiger partial charge in [0.05, 0.1) is 18.2 Å². The van der Waals surface area contributed by atoms with E-state index in [0.29, 0.717) is 23.2 Å². The Morgan fingerprint density at radius 2 is 1.78 bits per heavy atom. The molecule has 2 aromatic carbocycles. The second-order valence-corrected chi connectivity index (χ2v) is 7.79. The Hall–Kier alpha value is -3.87. The molecule has 1 amide bonds. The zero-order valence-corrected chi connectivity index (χ0v) is 17.9. The van der Waals surface area contributed by atoms with E-state index in [1.165, 1.54) is 0 Å². The minimum atomic E-state index is -0.916. The van der Waals surface area contributed by atoms with Crippen LogP contribution in [0.25, 0.3) is 33.1 Å². The van der Waals surface area contributed by atoms with Crippen molar-refractivity contribution >= 4 is 33.8 Å². The average molecular weight is 433 g/mol. The van der Waals surface area contributed by atoms with E-state index in [1.54, 1.807) is 13.2 Å². The molecule has 0 atom stereocenters. The lowest BCUT2D eigenvalue weighted by Crippen LogP contribution is -2.29. The highest BCUT2D eigenvalue weighted by Crippen LogP contribution is 2.37. The number of carbonyl (C=O) groups is 2. The first kappa shape index (κ1) is 21.4. The minimum Gasteiger partial charge on any atom is -0.481 e. The highest BCUT2D eigenvalue weighted by Gasteiger charge is 2.20. The fraction of sp³-hybridized carbons (Fsp3) is 0.240. The molecular formula is C25H23NO6. The van der Waals surface area contributed by atoms with Gasteiger partial charge in [-0.1, -0.05) is 30.3 Å². The van der Waals surface area contributed by atoms with Crippen molar-refractivity contribution in [3.8, 4) is 11.1 Å². The number of carboxylic acid groups (broad SMARTS) is 1. The summed E-state index contributed by atoms with van der Waals surface area (Å²) in [5.41, 5.74) is 4.19. The topological polar surface area (TPSA) is 110 Å². The van der Waals surface area contributed by atoms with Crippen molar-refractivity contribution in [2.45, 2.75) is 33.1 Å². The zero-order chi connectivity index (χ0) is 22.8. The second-order valence-electron chi connectivity index (χ2n) is 7.79. The van der Waals surface area contributed by atoms with E-state index in [1.807, 2.05) is 43.3 Å². The predicted molar refractivity (Wildman–Crippen MR) is 121 cm³/mol. The highest BCUT2D eigenvalue weighted by molar-refractivity contribution is 6.05. The third-order valence-corrected chi connectivity index (χ3v) is 5.65. The molecule has 7 nitrogen and oxygen atoms in total. The van der Waals surface area contributed by atoms with Crippen LogP contribution in [-0.4, -0.2) is 23.5 Å². The molecule has 0 saturated heterocycles. The molecule has 164 valence electrons. The van der Waals surface area contributed by atoms with Crippen LogP contribution >= 0.6 is 0 Å². The SMILES string of the molecule is Cc1c(CC(=O)NCCCC(=O)O)c(=O)oc2c(C)c3occ(-c4ccccc4)c3cc12. The maximum absolute atomic E-state index is 12.7. The van der Waals surface area contributed by atoms with Gasteiger partial charge in [-0.2, -0.15) is 0 Å². The third-order valence-electron chi connectivity index (χ3n) is 5.65. The van der Waals surface area contributed by atoms with Gasteiger partial charge in [-0.25, -0.2) is 4.79 Å². The van der Waals surface area contributed by atoms with Gasteiger partial charge < -0.3 is 19.3 Å². The fourth-order valence-corrected chi connectivity index (χ4v) is 3.93. The number of aliphatic carboxylic acids is 1. The number of nitrogens with one attached hydrogen (secondary N) is 1. The number of hydrogen-bond donors (Lipinski definition) is 2. The molecule has 32 heavy (non-hydrogen) atoms. The van der Waals surface area contributed by atoms with Gasteiger partial charge in [-0.3, -0.25) is 9.59 Å². The van der Waals surface area contributed by atoms with Crippen molar-refractivity contribution < 1.29 is 23.5 Å². The van der Waals surface area contributed by atoms with Gasteiger partial charge in [0.2, 0.25) is 5.91 Å². The first-order valence-electron chi connectivity index (χ1n) is 10.4. The quantitative estimate of drug-likeness (QED) is 0.331. The van der Waals surface area contributed by atoms with Gasteiger partial charge in [0.15, 0.2) is 0 Å². The average Bonchev–Trinajstić information content (AvgIpc) is 3.20. The van der Waals surface area contributed by atoms with E-state index in [4.69, 9.17) is 13.9 Å². The van der Waals surface area contributed by atoms with Crippen LogP contribution < -0.4 is 10.9 Å². The van der Waals surface area contributed by atoms with Crippen molar-refractivity contribution in [1.82, 2.24) is 5.32 Å². The summed E-state index contributed by atoms with van der Waals surface area (Å²) >= 11 is 0. The largest absolute Gasteiger partial charge is 0.481 e. The van der Waals surface area contributed by atoms with E-state index in [2.05, 4.69) is 5.32 Å². The molecule has 0 spiro atoms. The van der Waals surface area contributed by atoms with Crippen LogP contribution in [0.1, 0.15) is 29.5 Å². The Balaban J connectivity index is 1.73. The van der Waals surface area contributed by atoms with E-state index >= 15 is 0 Å². The fourth-order valence-electron chi connectivity index (χ4n) is 3.93. The number of fused-ring (bicyclic) bond motifs is 2. The van der Waals surface area contributed by atoms with Gasteiger partial charge in [-0.05, 0) is 37.5 Å². The van der Waals surface area contributed by atoms with Crippen LogP contribution in [0.3, 0.4) is 0 Å². The zero-order valence-electron chi connectivity index (χ0n) is 17.9. The Kier molecular flexibility index (Phi) is 5.81. The minimum absolute atomic E-state index is 0.0266. The standard InChI is InChI=1S/C25H23NO6/c1-14-17-11-19-20(16-7-4-3-5-8-16)13-31-23(19)15(2)24(17)32-25(30)18(14)12-21(27)26-10-6-9-22(28)29/h3-5,7-8,11,13H,6,9-10,12H2,1-2H3,(H,26,27)(H,28,29). The summed E-state index contributed by atoms with van der Waals surface area (Å²) in [4.78, 5) is 35.6. The summed E-state index contributed by atoms with van der Waals surface area (Å²) in [6.07, 6.45) is 1.86. The van der Waals surface area contributed by atoms with Gasteiger partial charge in [0.25, 0.3) is 0 Å². The van der Waals surface area contributed by atoms with E-state index < -0.39 is 11.6 Å². The summed E-state index contributed by atoms with van der Waals surface area (Å²) in [6, 6.07) is 11.8. The second kappa shape index (κ2) is 8.70. The number of aryl methyl sites for hydroxylation is 2. The van der Waals surface area contributed by atoms with Gasteiger partial charge in [0, 0.05) is 34.9 Å². The van der Waals surface area contributed by atoms with Crippen LogP contribution in [0, 0.1) is 13.8 Å². The van der Waals surface area contributed by atoms with Crippen LogP contribution in [0.2, 0.25) is 0 Å². The number of carbonyl (C=O) groups excluding carboxylic acids is 1. The Morgan fingerprint density at radius 3 is 2.50 bits per heavy atom. The van der Waals surface area contributed by atoms with Gasteiger partial charge in [-0.15, -0.1) is 0 Å². The van der Waals surface area contributed by atoms with Crippen molar-refractivity contribution in [3.63, 3.8) is 0 Å². The molecule has 0 unspecified atom stereocenters. The monoisotopic (exact) mass is 433 g/mol. The number of amides is 1. The molecule has 2 aromatic heterocycles. The van der Waals surface area contributed by atoms with Crippen molar-refractivity contribution in [2.24, 2.45) is 0 Å². The molecule has 0 aliphatic rings. The summed E-state index contributed by atoms with van der Waals surface area (Å²) < 4.78 is 11.4. The number of carboxylic acids is 1. The molecule has 4 aromatic rings. The first-order chi connectivity index (χ1) is 15.4. The molecule has 4 rings (SSSR count). The van der Waals surface area contributed by atoms with E-state index in [-0.39, 0.29) is 30.9 Å². The predicted octanol–water partition coefficient (Wildman–Crippen LogP) is 4.35. The molecule has 2 heterocycles. The normalized spacial score (nSPS) is 11.2. The lowest BCUT2D eigenvalue weighted by Gasteiger charge is -2.10.